The Labute approximate surface area is 88.5 Å². The Morgan fingerprint density at radius 2 is 1.18 bits per heavy atom. The van der Waals surface area contributed by atoms with E-state index in [4.69, 9.17) is 5.11 Å². The SMILES string of the molecule is OC/C=C/C(F)(F)C(F)(F)C(F)(F)C(F)(F)F. The van der Waals surface area contributed by atoms with E-state index in [1.54, 1.807) is 0 Å². The zero-order valence-corrected chi connectivity index (χ0v) is 7.71. The molecule has 0 unspecified atom stereocenters. The van der Waals surface area contributed by atoms with Crippen molar-refractivity contribution in [2.75, 3.05) is 6.61 Å². The van der Waals surface area contributed by atoms with Gasteiger partial charge in [-0.25, -0.2) is 0 Å². The van der Waals surface area contributed by atoms with Gasteiger partial charge in [-0.05, 0) is 6.08 Å². The highest BCUT2D eigenvalue weighted by Gasteiger charge is 2.81. The van der Waals surface area contributed by atoms with Crippen molar-refractivity contribution in [2.45, 2.75) is 23.9 Å². The molecule has 1 N–H and O–H groups in total. The molecular formula is C7H5F9O. The molecule has 0 aromatic rings. The van der Waals surface area contributed by atoms with Gasteiger partial charge in [0, 0.05) is 0 Å². The summed E-state index contributed by atoms with van der Waals surface area (Å²) in [6.45, 7) is -1.22. The van der Waals surface area contributed by atoms with Gasteiger partial charge < -0.3 is 5.11 Å². The molecule has 1 nitrogen and oxygen atoms in total. The molecule has 10 heteroatoms. The van der Waals surface area contributed by atoms with Gasteiger partial charge in [-0.2, -0.15) is 39.5 Å². The number of hydrogen-bond donors (Lipinski definition) is 1. The van der Waals surface area contributed by atoms with Crippen LogP contribution in [0.3, 0.4) is 0 Å². The molecule has 0 aromatic carbocycles. The zero-order chi connectivity index (χ0) is 14.1. The van der Waals surface area contributed by atoms with E-state index in [1.807, 2.05) is 0 Å². The van der Waals surface area contributed by atoms with Crippen LogP contribution in [0.15, 0.2) is 12.2 Å². The zero-order valence-electron chi connectivity index (χ0n) is 7.71. The predicted molar refractivity (Wildman–Crippen MR) is 37.1 cm³/mol. The number of rotatable bonds is 4. The molecule has 0 aromatic heterocycles. The second-order valence-corrected chi connectivity index (χ2v) is 2.85. The number of hydrogen-bond acceptors (Lipinski definition) is 1. The fraction of sp³-hybridized carbons (Fsp3) is 0.714. The molecule has 17 heavy (non-hydrogen) atoms. The molecule has 0 fully saturated rings. The first kappa shape index (κ1) is 16.1. The second-order valence-electron chi connectivity index (χ2n) is 2.85. The highest BCUT2D eigenvalue weighted by molar-refractivity contribution is 5.09. The maximum atomic E-state index is 12.5. The Kier molecular flexibility index (Phi) is 4.15. The van der Waals surface area contributed by atoms with E-state index in [-0.39, 0.29) is 6.08 Å². The van der Waals surface area contributed by atoms with Gasteiger partial charge in [-0.3, -0.25) is 0 Å². The van der Waals surface area contributed by atoms with E-state index >= 15 is 0 Å². The smallest absolute Gasteiger partial charge is 0.392 e. The highest BCUT2D eigenvalue weighted by Crippen LogP contribution is 2.53. The highest BCUT2D eigenvalue weighted by atomic mass is 19.4. The van der Waals surface area contributed by atoms with Crippen LogP contribution in [0, 0.1) is 0 Å². The fourth-order valence-corrected chi connectivity index (χ4v) is 0.693. The molecular weight excluding hydrogens is 271 g/mol. The molecule has 102 valence electrons. The standard InChI is InChI=1S/C7H5F9O/c8-4(9,2-1-3-17)5(10,11)6(12,13)7(14,15)16/h1-2,17H,3H2/b2-1+. The lowest BCUT2D eigenvalue weighted by Gasteiger charge is -2.32. The molecule has 0 spiro atoms. The van der Waals surface area contributed by atoms with Crippen LogP contribution in [0.5, 0.6) is 0 Å². The number of aliphatic hydroxyl groups is 1. The van der Waals surface area contributed by atoms with Crippen molar-refractivity contribution in [1.29, 1.82) is 0 Å². The van der Waals surface area contributed by atoms with E-state index in [0.29, 0.717) is 0 Å². The van der Waals surface area contributed by atoms with Crippen LogP contribution < -0.4 is 0 Å². The maximum Gasteiger partial charge on any atom is 0.460 e. The van der Waals surface area contributed by atoms with Crippen LogP contribution in [-0.2, 0) is 0 Å². The Morgan fingerprint density at radius 1 is 0.765 bits per heavy atom. The molecule has 0 amide bonds. The monoisotopic (exact) mass is 276 g/mol. The summed E-state index contributed by atoms with van der Waals surface area (Å²) < 4.78 is 109. The summed E-state index contributed by atoms with van der Waals surface area (Å²) >= 11 is 0. The first-order chi connectivity index (χ1) is 7.31. The van der Waals surface area contributed by atoms with Gasteiger partial charge in [0.25, 0.3) is 0 Å². The topological polar surface area (TPSA) is 20.2 Å². The van der Waals surface area contributed by atoms with Crippen molar-refractivity contribution in [3.63, 3.8) is 0 Å². The lowest BCUT2D eigenvalue weighted by Crippen LogP contribution is -2.60. The minimum Gasteiger partial charge on any atom is -0.392 e. The average molecular weight is 276 g/mol. The summed E-state index contributed by atoms with van der Waals surface area (Å²) in [7, 11) is 0. The number of allylic oxidation sites excluding steroid dienone is 1. The van der Waals surface area contributed by atoms with Gasteiger partial charge in [-0.1, -0.05) is 6.08 Å². The fourth-order valence-electron chi connectivity index (χ4n) is 0.693. The number of alkyl halides is 9. The maximum absolute atomic E-state index is 12.5. The van der Waals surface area contributed by atoms with Crippen LogP contribution in [0.4, 0.5) is 39.5 Å². The Hall–Kier alpha value is -0.930. The summed E-state index contributed by atoms with van der Waals surface area (Å²) in [6.07, 6.45) is -7.81. The third kappa shape index (κ3) is 2.67. The summed E-state index contributed by atoms with van der Waals surface area (Å²) in [4.78, 5) is 0. The van der Waals surface area contributed by atoms with E-state index in [0.717, 1.165) is 0 Å². The van der Waals surface area contributed by atoms with Gasteiger partial charge in [0.05, 0.1) is 6.61 Å². The Balaban J connectivity index is 5.47. The van der Waals surface area contributed by atoms with Crippen molar-refractivity contribution in [3.05, 3.63) is 12.2 Å². The third-order valence-corrected chi connectivity index (χ3v) is 1.60. The van der Waals surface area contributed by atoms with E-state index in [2.05, 4.69) is 0 Å². The molecule has 0 aliphatic heterocycles. The van der Waals surface area contributed by atoms with Crippen molar-refractivity contribution >= 4 is 0 Å². The lowest BCUT2D eigenvalue weighted by atomic mass is 10.0. The van der Waals surface area contributed by atoms with Crippen LogP contribution in [0.25, 0.3) is 0 Å². The number of halogens is 9. The average Bonchev–Trinajstić information content (AvgIpc) is 2.12. The van der Waals surface area contributed by atoms with Gasteiger partial charge in [0.1, 0.15) is 0 Å². The molecule has 0 saturated carbocycles. The summed E-state index contributed by atoms with van der Waals surface area (Å²) in [6, 6.07) is 0. The van der Waals surface area contributed by atoms with Crippen molar-refractivity contribution in [2.24, 2.45) is 0 Å². The van der Waals surface area contributed by atoms with Crippen molar-refractivity contribution in [1.82, 2.24) is 0 Å². The molecule has 0 rings (SSSR count). The Bertz CT molecular complexity index is 290. The molecule has 0 bridgehead atoms. The van der Waals surface area contributed by atoms with Crippen molar-refractivity contribution in [3.8, 4) is 0 Å². The van der Waals surface area contributed by atoms with Crippen molar-refractivity contribution < 1.29 is 44.6 Å². The summed E-state index contributed by atoms with van der Waals surface area (Å²) in [5.41, 5.74) is 0. The quantitative estimate of drug-likeness (QED) is 0.618. The molecule has 0 heterocycles. The molecule has 0 saturated heterocycles. The molecule has 0 aliphatic rings. The molecule has 0 radical (unpaired) electrons. The lowest BCUT2D eigenvalue weighted by molar-refractivity contribution is -0.388. The summed E-state index contributed by atoms with van der Waals surface area (Å²) in [5.74, 6) is -19.3. The molecule has 0 aliphatic carbocycles. The van der Waals surface area contributed by atoms with Crippen LogP contribution >= 0.6 is 0 Å². The van der Waals surface area contributed by atoms with E-state index < -0.39 is 36.6 Å². The first-order valence-corrected chi connectivity index (χ1v) is 3.80. The Morgan fingerprint density at radius 3 is 1.47 bits per heavy atom. The number of aliphatic hydroxyl groups excluding tert-OH is 1. The van der Waals surface area contributed by atoms with Crippen LogP contribution in [0.1, 0.15) is 0 Å². The van der Waals surface area contributed by atoms with Gasteiger partial charge >= 0.3 is 23.9 Å². The van der Waals surface area contributed by atoms with Gasteiger partial charge in [0.2, 0.25) is 0 Å². The van der Waals surface area contributed by atoms with Gasteiger partial charge in [0.15, 0.2) is 0 Å². The van der Waals surface area contributed by atoms with E-state index in [9.17, 15) is 39.5 Å². The predicted octanol–water partition coefficient (Wildman–Crippen LogP) is 3.00. The normalized spacial score (nSPS) is 15.6. The summed E-state index contributed by atoms with van der Waals surface area (Å²) in [5, 5.41) is 7.98. The molecule has 0 atom stereocenters. The van der Waals surface area contributed by atoms with Gasteiger partial charge in [-0.15, -0.1) is 0 Å². The van der Waals surface area contributed by atoms with E-state index in [1.165, 1.54) is 0 Å². The second kappa shape index (κ2) is 4.39. The largest absolute Gasteiger partial charge is 0.460 e. The van der Waals surface area contributed by atoms with Crippen LogP contribution in [-0.4, -0.2) is 35.7 Å². The third-order valence-electron chi connectivity index (χ3n) is 1.60. The minimum absolute atomic E-state index is 0.0691. The first-order valence-electron chi connectivity index (χ1n) is 3.80. The minimum atomic E-state index is -6.90. The van der Waals surface area contributed by atoms with Crippen LogP contribution in [0.2, 0.25) is 0 Å².